The summed E-state index contributed by atoms with van der Waals surface area (Å²) in [6.07, 6.45) is 5.27. The zero-order valence-electron chi connectivity index (χ0n) is 13.5. The predicted octanol–water partition coefficient (Wildman–Crippen LogP) is 2.83. The van der Waals surface area contributed by atoms with E-state index in [4.69, 9.17) is 0 Å². The number of carbonyl (C=O) groups is 1. The topological polar surface area (TPSA) is 51.0 Å². The Hall–Kier alpha value is -2.95. The molecule has 5 nitrogen and oxygen atoms in total. The molecule has 4 rings (SSSR count). The fourth-order valence-electron chi connectivity index (χ4n) is 3.24. The summed E-state index contributed by atoms with van der Waals surface area (Å²) in [5, 5.41) is 0. The Kier molecular flexibility index (Phi) is 3.61. The minimum absolute atomic E-state index is 0.0798. The van der Waals surface area contributed by atoms with Gasteiger partial charge in [-0.15, -0.1) is 0 Å². The van der Waals surface area contributed by atoms with Crippen molar-refractivity contribution < 1.29 is 4.79 Å². The summed E-state index contributed by atoms with van der Waals surface area (Å²) >= 11 is 0. The van der Waals surface area contributed by atoms with Crippen LogP contribution in [0.2, 0.25) is 0 Å². The largest absolute Gasteiger partial charge is 0.348 e. The van der Waals surface area contributed by atoms with E-state index in [9.17, 15) is 4.79 Å². The molecule has 120 valence electrons. The number of benzene rings is 1. The van der Waals surface area contributed by atoms with Crippen LogP contribution in [-0.2, 0) is 6.54 Å². The van der Waals surface area contributed by atoms with Crippen LogP contribution in [0.25, 0.3) is 0 Å². The van der Waals surface area contributed by atoms with Crippen LogP contribution in [0.15, 0.2) is 61.1 Å². The molecule has 24 heavy (non-hydrogen) atoms. The highest BCUT2D eigenvalue weighted by Gasteiger charge is 2.33. The summed E-state index contributed by atoms with van der Waals surface area (Å²) in [6, 6.07) is 14.1. The molecule has 3 heterocycles. The molecular formula is C19H18N4O. The molecule has 0 saturated carbocycles. The van der Waals surface area contributed by atoms with Crippen LogP contribution in [0.1, 0.15) is 33.5 Å². The van der Waals surface area contributed by atoms with Crippen molar-refractivity contribution in [2.75, 3.05) is 6.54 Å². The lowest BCUT2D eigenvalue weighted by molar-refractivity contribution is 0.0657. The summed E-state index contributed by atoms with van der Waals surface area (Å²) in [5.74, 6) is -0.0798. The van der Waals surface area contributed by atoms with Gasteiger partial charge in [0.25, 0.3) is 5.91 Å². The highest BCUT2D eigenvalue weighted by atomic mass is 16.2. The maximum absolute atomic E-state index is 13.0. The Morgan fingerprint density at radius 1 is 1.04 bits per heavy atom. The Morgan fingerprint density at radius 3 is 2.62 bits per heavy atom. The first kappa shape index (κ1) is 14.6. The maximum Gasteiger partial charge on any atom is 0.274 e. The van der Waals surface area contributed by atoms with Crippen molar-refractivity contribution in [3.63, 3.8) is 0 Å². The lowest BCUT2D eigenvalue weighted by Crippen LogP contribution is -2.42. The van der Waals surface area contributed by atoms with E-state index in [1.165, 1.54) is 0 Å². The second-order valence-corrected chi connectivity index (χ2v) is 5.98. The molecule has 1 aliphatic rings. The molecule has 0 saturated heterocycles. The fourth-order valence-corrected chi connectivity index (χ4v) is 3.24. The first-order chi connectivity index (χ1) is 11.7. The smallest absolute Gasteiger partial charge is 0.274 e. The normalized spacial score (nSPS) is 16.7. The van der Waals surface area contributed by atoms with E-state index in [1.807, 2.05) is 36.1 Å². The van der Waals surface area contributed by atoms with Gasteiger partial charge in [-0.05, 0) is 24.6 Å². The number of fused-ring (bicyclic) bond motifs is 1. The average Bonchev–Trinajstić information content (AvgIpc) is 3.10. The van der Waals surface area contributed by atoms with Gasteiger partial charge in [-0.3, -0.25) is 9.78 Å². The lowest BCUT2D eigenvalue weighted by atomic mass is 9.99. The number of rotatable bonds is 2. The van der Waals surface area contributed by atoms with E-state index in [0.29, 0.717) is 12.2 Å². The van der Waals surface area contributed by atoms with Gasteiger partial charge >= 0.3 is 0 Å². The van der Waals surface area contributed by atoms with Crippen LogP contribution in [0, 0.1) is 6.92 Å². The minimum atomic E-state index is -0.106. The third-order valence-electron chi connectivity index (χ3n) is 4.41. The molecule has 1 aromatic carbocycles. The van der Waals surface area contributed by atoms with Gasteiger partial charge in [0, 0.05) is 31.2 Å². The zero-order valence-corrected chi connectivity index (χ0v) is 13.5. The first-order valence-electron chi connectivity index (χ1n) is 8.03. The van der Waals surface area contributed by atoms with E-state index in [1.54, 1.807) is 12.4 Å². The molecule has 0 spiro atoms. The van der Waals surface area contributed by atoms with Crippen molar-refractivity contribution in [1.82, 2.24) is 19.4 Å². The molecular weight excluding hydrogens is 300 g/mol. The third kappa shape index (κ3) is 2.48. The Balaban J connectivity index is 1.76. The van der Waals surface area contributed by atoms with Gasteiger partial charge in [-0.1, -0.05) is 30.3 Å². The molecule has 2 aromatic heterocycles. The molecule has 1 amide bonds. The number of carbonyl (C=O) groups excluding carboxylic acids is 1. The number of aryl methyl sites for hydroxylation is 1. The van der Waals surface area contributed by atoms with Crippen LogP contribution in [0.5, 0.6) is 0 Å². The van der Waals surface area contributed by atoms with Gasteiger partial charge in [-0.2, -0.15) is 0 Å². The number of nitrogens with zero attached hydrogens (tertiary/aromatic N) is 4. The molecule has 1 atom stereocenters. The Labute approximate surface area is 140 Å². The summed E-state index contributed by atoms with van der Waals surface area (Å²) < 4.78 is 2.21. The standard InChI is InChI=1S/C19H18N4O/c1-14-12-21-16(13-20-14)19(24)23-11-10-22-9-5-8-17(22)18(23)15-6-3-2-4-7-15/h2-9,12-13,18H,10-11H2,1H3/t18-/m1/s1. The molecule has 1 aliphatic heterocycles. The quantitative estimate of drug-likeness (QED) is 0.730. The van der Waals surface area contributed by atoms with E-state index in [0.717, 1.165) is 23.5 Å². The summed E-state index contributed by atoms with van der Waals surface area (Å²) in [7, 11) is 0. The van der Waals surface area contributed by atoms with Gasteiger partial charge in [0.1, 0.15) is 5.69 Å². The minimum Gasteiger partial charge on any atom is -0.348 e. The molecule has 5 heteroatoms. The van der Waals surface area contributed by atoms with Gasteiger partial charge < -0.3 is 9.47 Å². The second-order valence-electron chi connectivity index (χ2n) is 5.98. The summed E-state index contributed by atoms with van der Waals surface area (Å²) in [6.45, 7) is 3.30. The second kappa shape index (κ2) is 5.92. The van der Waals surface area contributed by atoms with E-state index in [-0.39, 0.29) is 11.9 Å². The third-order valence-corrected chi connectivity index (χ3v) is 4.41. The maximum atomic E-state index is 13.0. The van der Waals surface area contributed by atoms with Crippen LogP contribution >= 0.6 is 0 Å². The van der Waals surface area contributed by atoms with E-state index >= 15 is 0 Å². The summed E-state index contributed by atoms with van der Waals surface area (Å²) in [5.41, 5.74) is 3.42. The average molecular weight is 318 g/mol. The van der Waals surface area contributed by atoms with E-state index < -0.39 is 0 Å². The number of aromatic nitrogens is 3. The van der Waals surface area contributed by atoms with Crippen molar-refractivity contribution in [3.05, 3.63) is 83.7 Å². The van der Waals surface area contributed by atoms with Crippen molar-refractivity contribution in [1.29, 1.82) is 0 Å². The van der Waals surface area contributed by atoms with Crippen LogP contribution in [0.4, 0.5) is 0 Å². The number of hydrogen-bond donors (Lipinski definition) is 0. The molecule has 0 unspecified atom stereocenters. The first-order valence-corrected chi connectivity index (χ1v) is 8.03. The van der Waals surface area contributed by atoms with Crippen molar-refractivity contribution >= 4 is 5.91 Å². The molecule has 0 radical (unpaired) electrons. The van der Waals surface area contributed by atoms with Crippen molar-refractivity contribution in [3.8, 4) is 0 Å². The highest BCUT2D eigenvalue weighted by Crippen LogP contribution is 2.33. The molecule has 3 aromatic rings. The zero-order chi connectivity index (χ0) is 16.5. The predicted molar refractivity (Wildman–Crippen MR) is 90.5 cm³/mol. The van der Waals surface area contributed by atoms with Crippen molar-refractivity contribution in [2.24, 2.45) is 0 Å². The Bertz CT molecular complexity index is 855. The monoisotopic (exact) mass is 318 g/mol. The molecule has 0 N–H and O–H groups in total. The van der Waals surface area contributed by atoms with Gasteiger partial charge in [0.15, 0.2) is 0 Å². The highest BCUT2D eigenvalue weighted by molar-refractivity contribution is 5.92. The van der Waals surface area contributed by atoms with Crippen LogP contribution < -0.4 is 0 Å². The summed E-state index contributed by atoms with van der Waals surface area (Å²) in [4.78, 5) is 23.4. The molecule has 0 fully saturated rings. The number of hydrogen-bond acceptors (Lipinski definition) is 3. The fraction of sp³-hybridized carbons (Fsp3) is 0.211. The van der Waals surface area contributed by atoms with Crippen LogP contribution in [0.3, 0.4) is 0 Å². The number of amides is 1. The molecule has 0 bridgehead atoms. The Morgan fingerprint density at radius 2 is 1.88 bits per heavy atom. The van der Waals surface area contributed by atoms with Crippen molar-refractivity contribution in [2.45, 2.75) is 19.5 Å². The van der Waals surface area contributed by atoms with Gasteiger partial charge in [0.05, 0.1) is 17.9 Å². The van der Waals surface area contributed by atoms with Gasteiger partial charge in [-0.25, -0.2) is 4.98 Å². The van der Waals surface area contributed by atoms with Gasteiger partial charge in [0.2, 0.25) is 0 Å². The molecule has 0 aliphatic carbocycles. The SMILES string of the molecule is Cc1cnc(C(=O)N2CCn3cccc3[C@H]2c2ccccc2)cn1. The lowest BCUT2D eigenvalue weighted by Gasteiger charge is -2.37. The van der Waals surface area contributed by atoms with Crippen LogP contribution in [-0.4, -0.2) is 31.9 Å². The van der Waals surface area contributed by atoms with E-state index in [2.05, 4.69) is 38.9 Å².